The molecule has 0 fully saturated rings. The fourth-order valence-corrected chi connectivity index (χ4v) is 1.89. The van der Waals surface area contributed by atoms with Gasteiger partial charge in [-0.3, -0.25) is 9.28 Å². The third kappa shape index (κ3) is 3.93. The first-order valence-corrected chi connectivity index (χ1v) is 6.62. The van der Waals surface area contributed by atoms with Gasteiger partial charge >= 0.3 is 5.97 Å². The van der Waals surface area contributed by atoms with Crippen molar-refractivity contribution >= 4 is 11.7 Å². The van der Waals surface area contributed by atoms with Gasteiger partial charge in [-0.15, -0.1) is 0 Å². The molecule has 104 valence electrons. The number of ether oxygens (including phenoxy) is 1. The molecule has 0 saturated heterocycles. The molecule has 0 heterocycles. The van der Waals surface area contributed by atoms with Crippen molar-refractivity contribution in [3.63, 3.8) is 0 Å². The van der Waals surface area contributed by atoms with E-state index in [1.807, 2.05) is 54.6 Å². The molecule has 0 radical (unpaired) electrons. The molecule has 0 aliphatic carbocycles. The maximum Gasteiger partial charge on any atom is 0.315 e. The lowest BCUT2D eigenvalue weighted by atomic mass is 10.1. The Balaban J connectivity index is 2.05. The second kappa shape index (κ2) is 5.88. The zero-order valence-electron chi connectivity index (χ0n) is 12.2. The Morgan fingerprint density at radius 3 is 2.35 bits per heavy atom. The molecule has 0 atom stereocenters. The van der Waals surface area contributed by atoms with Gasteiger partial charge in [0.25, 0.3) is 0 Å². The predicted octanol–water partition coefficient (Wildman–Crippen LogP) is 3.03. The average molecular weight is 270 g/mol. The van der Waals surface area contributed by atoms with Crippen molar-refractivity contribution in [3.05, 3.63) is 60.2 Å². The summed E-state index contributed by atoms with van der Waals surface area (Å²) in [5, 5.41) is 0. The highest BCUT2D eigenvalue weighted by molar-refractivity contribution is 5.75. The number of quaternary nitrogens is 1. The summed E-state index contributed by atoms with van der Waals surface area (Å²) < 4.78 is 6.09. The van der Waals surface area contributed by atoms with Gasteiger partial charge in [0, 0.05) is 6.07 Å². The summed E-state index contributed by atoms with van der Waals surface area (Å²) in [4.78, 5) is 11.9. The Hall–Kier alpha value is -2.13. The fourth-order valence-electron chi connectivity index (χ4n) is 1.89. The zero-order chi connectivity index (χ0) is 14.6. The first-order valence-electron chi connectivity index (χ1n) is 6.62. The largest absolute Gasteiger partial charge is 0.426 e. The highest BCUT2D eigenvalue weighted by Gasteiger charge is 2.14. The van der Waals surface area contributed by atoms with E-state index in [4.69, 9.17) is 4.74 Å². The van der Waals surface area contributed by atoms with E-state index in [0.29, 0.717) is 10.2 Å². The van der Waals surface area contributed by atoms with Gasteiger partial charge < -0.3 is 4.74 Å². The molecule has 0 aliphatic heterocycles. The first-order chi connectivity index (χ1) is 9.45. The highest BCUT2D eigenvalue weighted by Crippen LogP contribution is 2.23. The van der Waals surface area contributed by atoms with E-state index in [1.165, 1.54) is 0 Å². The number of carbonyl (C=O) groups excluding carboxylic acids is 1. The second-order valence-corrected chi connectivity index (χ2v) is 5.65. The molecule has 0 saturated carbocycles. The van der Waals surface area contributed by atoms with Crippen LogP contribution in [0.25, 0.3) is 0 Å². The molecular weight excluding hydrogens is 250 g/mol. The Labute approximate surface area is 120 Å². The van der Waals surface area contributed by atoms with Gasteiger partial charge in [-0.2, -0.15) is 0 Å². The van der Waals surface area contributed by atoms with Crippen LogP contribution in [0.15, 0.2) is 54.6 Å². The molecule has 0 unspecified atom stereocenters. The number of carbonyl (C=O) groups is 1. The van der Waals surface area contributed by atoms with Crippen LogP contribution < -0.4 is 9.22 Å². The minimum atomic E-state index is -0.241. The van der Waals surface area contributed by atoms with E-state index in [1.54, 1.807) is 0 Å². The predicted molar refractivity (Wildman–Crippen MR) is 81.8 cm³/mol. The molecule has 0 amide bonds. The van der Waals surface area contributed by atoms with Crippen LogP contribution >= 0.6 is 0 Å². The lowest BCUT2D eigenvalue weighted by Gasteiger charge is -2.23. The molecule has 2 aromatic rings. The van der Waals surface area contributed by atoms with Crippen LogP contribution in [0.2, 0.25) is 0 Å². The quantitative estimate of drug-likeness (QED) is 0.485. The van der Waals surface area contributed by atoms with Gasteiger partial charge in [-0.05, 0) is 17.7 Å². The smallest absolute Gasteiger partial charge is 0.315 e. The summed E-state index contributed by atoms with van der Waals surface area (Å²) in [6.07, 6.45) is 0.287. The second-order valence-electron chi connectivity index (χ2n) is 5.65. The average Bonchev–Trinajstić information content (AvgIpc) is 2.39. The molecule has 0 spiro atoms. The third-order valence-electron chi connectivity index (χ3n) is 3.02. The zero-order valence-corrected chi connectivity index (χ0v) is 12.2. The topological polar surface area (TPSA) is 26.3 Å². The van der Waals surface area contributed by atoms with Crippen molar-refractivity contribution in [1.29, 1.82) is 0 Å². The number of rotatable bonds is 4. The van der Waals surface area contributed by atoms with Crippen molar-refractivity contribution in [2.45, 2.75) is 6.42 Å². The van der Waals surface area contributed by atoms with Gasteiger partial charge in [-0.25, -0.2) is 0 Å². The summed E-state index contributed by atoms with van der Waals surface area (Å²) in [6.45, 7) is 0. The maximum atomic E-state index is 11.9. The van der Waals surface area contributed by atoms with Crippen molar-refractivity contribution in [2.75, 3.05) is 21.1 Å². The molecule has 0 aromatic heterocycles. The Morgan fingerprint density at radius 1 is 1.00 bits per heavy atom. The number of benzene rings is 2. The number of hydrogen-bond donors (Lipinski definition) is 0. The summed E-state index contributed by atoms with van der Waals surface area (Å²) >= 11 is 0. The van der Waals surface area contributed by atoms with Crippen LogP contribution in [-0.4, -0.2) is 27.1 Å². The number of esters is 1. The van der Waals surface area contributed by atoms with E-state index in [2.05, 4.69) is 21.1 Å². The number of nitrogens with zero attached hydrogens (tertiary/aromatic N) is 1. The standard InChI is InChI=1S/C17H20NO2/c1-18(2,3)15-10-7-11-16(13-15)20-17(19)12-14-8-5-4-6-9-14/h4-11,13H,12H2,1-3H3/q+1. The molecule has 0 bridgehead atoms. The Morgan fingerprint density at radius 2 is 1.70 bits per heavy atom. The van der Waals surface area contributed by atoms with E-state index in [0.717, 1.165) is 11.3 Å². The SMILES string of the molecule is C[N+](C)(C)c1cccc(OC(=O)Cc2ccccc2)c1. The molecule has 3 heteroatoms. The number of hydrogen-bond acceptors (Lipinski definition) is 2. The summed E-state index contributed by atoms with van der Waals surface area (Å²) in [5.74, 6) is 0.353. The van der Waals surface area contributed by atoms with Gasteiger partial charge in [0.05, 0.1) is 27.6 Å². The fraction of sp³-hybridized carbons (Fsp3) is 0.235. The minimum Gasteiger partial charge on any atom is -0.426 e. The molecule has 2 aromatic carbocycles. The monoisotopic (exact) mass is 270 g/mol. The molecule has 2 rings (SSSR count). The van der Waals surface area contributed by atoms with Gasteiger partial charge in [0.2, 0.25) is 0 Å². The van der Waals surface area contributed by atoms with Crippen molar-refractivity contribution < 1.29 is 9.53 Å². The Bertz CT molecular complexity index is 585. The van der Waals surface area contributed by atoms with Crippen LogP contribution in [0, 0.1) is 0 Å². The van der Waals surface area contributed by atoms with Crippen LogP contribution in [0.1, 0.15) is 5.56 Å². The highest BCUT2D eigenvalue weighted by atomic mass is 16.5. The first kappa shape index (κ1) is 14.3. The van der Waals surface area contributed by atoms with Gasteiger partial charge in [-0.1, -0.05) is 36.4 Å². The van der Waals surface area contributed by atoms with Crippen LogP contribution in [0.5, 0.6) is 5.75 Å². The summed E-state index contributed by atoms with van der Waals surface area (Å²) in [5.41, 5.74) is 2.05. The molecule has 3 nitrogen and oxygen atoms in total. The van der Waals surface area contributed by atoms with Crippen LogP contribution in [-0.2, 0) is 11.2 Å². The lowest BCUT2D eigenvalue weighted by Crippen LogP contribution is -2.34. The van der Waals surface area contributed by atoms with E-state index in [9.17, 15) is 4.79 Å². The van der Waals surface area contributed by atoms with Crippen molar-refractivity contribution in [1.82, 2.24) is 4.48 Å². The third-order valence-corrected chi connectivity index (χ3v) is 3.02. The van der Waals surface area contributed by atoms with E-state index in [-0.39, 0.29) is 12.4 Å². The van der Waals surface area contributed by atoms with Crippen LogP contribution in [0.3, 0.4) is 0 Å². The van der Waals surface area contributed by atoms with Crippen molar-refractivity contribution in [2.24, 2.45) is 0 Å². The summed E-state index contributed by atoms with van der Waals surface area (Å²) in [6, 6.07) is 17.2. The Kier molecular flexibility index (Phi) is 4.20. The molecule has 20 heavy (non-hydrogen) atoms. The van der Waals surface area contributed by atoms with E-state index >= 15 is 0 Å². The minimum absolute atomic E-state index is 0.241. The summed E-state index contributed by atoms with van der Waals surface area (Å²) in [7, 11) is 6.22. The maximum absolute atomic E-state index is 11.9. The lowest BCUT2D eigenvalue weighted by molar-refractivity contribution is -0.133. The van der Waals surface area contributed by atoms with Gasteiger partial charge in [0.1, 0.15) is 11.4 Å². The molecule has 0 N–H and O–H groups in total. The van der Waals surface area contributed by atoms with E-state index < -0.39 is 0 Å². The van der Waals surface area contributed by atoms with Gasteiger partial charge in [0.15, 0.2) is 0 Å². The van der Waals surface area contributed by atoms with Crippen molar-refractivity contribution in [3.8, 4) is 5.75 Å². The van der Waals surface area contributed by atoms with Crippen LogP contribution in [0.4, 0.5) is 5.69 Å². The molecular formula is C17H20NO2+. The normalized spacial score (nSPS) is 11.2. The molecule has 0 aliphatic rings.